The summed E-state index contributed by atoms with van der Waals surface area (Å²) in [7, 11) is 0. The van der Waals surface area contributed by atoms with E-state index in [1.807, 2.05) is 13.8 Å². The van der Waals surface area contributed by atoms with Gasteiger partial charge in [0.1, 0.15) is 6.33 Å². The molecular formula is C17H26N6O. The first-order chi connectivity index (χ1) is 11.6. The number of hydrogen-bond donors (Lipinski definition) is 2. The molecule has 7 heteroatoms. The third-order valence-electron chi connectivity index (χ3n) is 5.00. The first kappa shape index (κ1) is 16.7. The molecule has 2 heterocycles. The summed E-state index contributed by atoms with van der Waals surface area (Å²) in [4.78, 5) is 12.1. The Morgan fingerprint density at radius 3 is 2.83 bits per heavy atom. The number of hydrogen-bond acceptors (Lipinski definition) is 4. The number of rotatable bonds is 6. The second-order valence-corrected chi connectivity index (χ2v) is 6.64. The summed E-state index contributed by atoms with van der Waals surface area (Å²) < 4.78 is 2.14. The molecule has 2 N–H and O–H groups in total. The summed E-state index contributed by atoms with van der Waals surface area (Å²) in [5, 5.41) is 18.4. The Balaban J connectivity index is 1.49. The predicted octanol–water partition coefficient (Wildman–Crippen LogP) is 2.37. The van der Waals surface area contributed by atoms with E-state index in [4.69, 9.17) is 0 Å². The van der Waals surface area contributed by atoms with Crippen molar-refractivity contribution in [1.82, 2.24) is 30.3 Å². The van der Waals surface area contributed by atoms with Crippen LogP contribution in [-0.2, 0) is 17.8 Å². The maximum absolute atomic E-state index is 12.1. The lowest BCUT2D eigenvalue weighted by Crippen LogP contribution is -2.26. The van der Waals surface area contributed by atoms with Gasteiger partial charge in [0.2, 0.25) is 5.91 Å². The first-order valence-corrected chi connectivity index (χ1v) is 8.80. The highest BCUT2D eigenvalue weighted by molar-refractivity contribution is 5.76. The first-order valence-electron chi connectivity index (χ1n) is 8.80. The van der Waals surface area contributed by atoms with E-state index < -0.39 is 0 Å². The summed E-state index contributed by atoms with van der Waals surface area (Å²) in [6, 6.07) is 0.482. The fourth-order valence-corrected chi connectivity index (χ4v) is 3.33. The van der Waals surface area contributed by atoms with E-state index in [0.29, 0.717) is 25.4 Å². The summed E-state index contributed by atoms with van der Waals surface area (Å²) >= 11 is 0. The van der Waals surface area contributed by atoms with Gasteiger partial charge in [-0.25, -0.2) is 0 Å². The van der Waals surface area contributed by atoms with Crippen molar-refractivity contribution in [2.45, 2.75) is 71.4 Å². The highest BCUT2D eigenvalue weighted by Gasteiger charge is 2.18. The van der Waals surface area contributed by atoms with Gasteiger partial charge in [0, 0.05) is 24.6 Å². The molecule has 1 fully saturated rings. The third kappa shape index (κ3) is 3.83. The van der Waals surface area contributed by atoms with Crippen LogP contribution >= 0.6 is 0 Å². The minimum Gasteiger partial charge on any atom is -0.349 e. The van der Waals surface area contributed by atoms with Gasteiger partial charge in [0.15, 0.2) is 5.82 Å². The number of aromatic amines is 1. The molecule has 24 heavy (non-hydrogen) atoms. The standard InChI is InChI=1S/C17H26N6O/c1-12-13(2)20-21-15(12)8-9-17(24)18-10-16-22-19-11-23(16)14-6-4-3-5-7-14/h11,14H,3-10H2,1-2H3,(H,18,24)(H,20,21). The molecule has 2 aromatic rings. The van der Waals surface area contributed by atoms with Gasteiger partial charge in [-0.15, -0.1) is 10.2 Å². The number of amides is 1. The van der Waals surface area contributed by atoms with E-state index in [1.54, 1.807) is 6.33 Å². The number of H-pyrrole nitrogens is 1. The zero-order chi connectivity index (χ0) is 16.9. The number of aromatic nitrogens is 5. The van der Waals surface area contributed by atoms with Crippen LogP contribution in [-0.4, -0.2) is 30.9 Å². The quantitative estimate of drug-likeness (QED) is 0.851. The van der Waals surface area contributed by atoms with Crippen molar-refractivity contribution in [3.8, 4) is 0 Å². The monoisotopic (exact) mass is 330 g/mol. The van der Waals surface area contributed by atoms with Gasteiger partial charge < -0.3 is 9.88 Å². The van der Waals surface area contributed by atoms with Crippen molar-refractivity contribution < 1.29 is 4.79 Å². The van der Waals surface area contributed by atoms with Crippen LogP contribution in [0.4, 0.5) is 0 Å². The summed E-state index contributed by atoms with van der Waals surface area (Å²) in [6.45, 7) is 4.45. The van der Waals surface area contributed by atoms with Crippen molar-refractivity contribution in [2.75, 3.05) is 0 Å². The smallest absolute Gasteiger partial charge is 0.220 e. The second-order valence-electron chi connectivity index (χ2n) is 6.64. The van der Waals surface area contributed by atoms with Crippen LogP contribution in [0.5, 0.6) is 0 Å². The van der Waals surface area contributed by atoms with Crippen molar-refractivity contribution in [2.24, 2.45) is 0 Å². The zero-order valence-electron chi connectivity index (χ0n) is 14.5. The number of aryl methyl sites for hydroxylation is 2. The van der Waals surface area contributed by atoms with Gasteiger partial charge >= 0.3 is 0 Å². The molecule has 1 saturated carbocycles. The van der Waals surface area contributed by atoms with Crippen LogP contribution in [0.2, 0.25) is 0 Å². The Hall–Kier alpha value is -2.18. The lowest BCUT2D eigenvalue weighted by Gasteiger charge is -2.24. The molecule has 0 aromatic carbocycles. The van der Waals surface area contributed by atoms with Gasteiger partial charge in [-0.3, -0.25) is 9.89 Å². The molecule has 2 aromatic heterocycles. The fourth-order valence-electron chi connectivity index (χ4n) is 3.33. The van der Waals surface area contributed by atoms with E-state index in [1.165, 1.54) is 32.1 Å². The Morgan fingerprint density at radius 1 is 1.33 bits per heavy atom. The van der Waals surface area contributed by atoms with E-state index >= 15 is 0 Å². The molecule has 0 unspecified atom stereocenters. The number of carbonyl (C=O) groups excluding carboxylic acids is 1. The van der Waals surface area contributed by atoms with E-state index in [-0.39, 0.29) is 5.91 Å². The van der Waals surface area contributed by atoms with Crippen LogP contribution in [0.1, 0.15) is 67.3 Å². The molecule has 1 amide bonds. The number of nitrogens with zero attached hydrogens (tertiary/aromatic N) is 4. The molecule has 7 nitrogen and oxygen atoms in total. The molecule has 130 valence electrons. The largest absolute Gasteiger partial charge is 0.349 e. The third-order valence-corrected chi connectivity index (χ3v) is 5.00. The zero-order valence-corrected chi connectivity index (χ0v) is 14.5. The molecule has 1 aliphatic rings. The Kier molecular flexibility index (Phi) is 5.27. The van der Waals surface area contributed by atoms with Gasteiger partial charge in [0.25, 0.3) is 0 Å². The van der Waals surface area contributed by atoms with Crippen LogP contribution < -0.4 is 5.32 Å². The van der Waals surface area contributed by atoms with E-state index in [2.05, 4.69) is 30.3 Å². The Morgan fingerprint density at radius 2 is 2.12 bits per heavy atom. The average Bonchev–Trinajstić information content (AvgIpc) is 3.20. The van der Waals surface area contributed by atoms with Crippen LogP contribution in [0, 0.1) is 13.8 Å². The van der Waals surface area contributed by atoms with Crippen LogP contribution in [0.3, 0.4) is 0 Å². The average molecular weight is 330 g/mol. The van der Waals surface area contributed by atoms with Gasteiger partial charge in [0.05, 0.1) is 12.2 Å². The topological polar surface area (TPSA) is 88.5 Å². The highest BCUT2D eigenvalue weighted by atomic mass is 16.1. The Labute approximate surface area is 142 Å². The lowest BCUT2D eigenvalue weighted by molar-refractivity contribution is -0.121. The maximum atomic E-state index is 12.1. The molecule has 3 rings (SSSR count). The van der Waals surface area contributed by atoms with Crippen LogP contribution in [0.25, 0.3) is 0 Å². The fraction of sp³-hybridized carbons (Fsp3) is 0.647. The van der Waals surface area contributed by atoms with Crippen molar-refractivity contribution in [3.63, 3.8) is 0 Å². The second kappa shape index (κ2) is 7.59. The van der Waals surface area contributed by atoms with Crippen LogP contribution in [0.15, 0.2) is 6.33 Å². The molecule has 1 aliphatic carbocycles. The highest BCUT2D eigenvalue weighted by Crippen LogP contribution is 2.28. The van der Waals surface area contributed by atoms with Gasteiger partial charge in [-0.05, 0) is 32.3 Å². The maximum Gasteiger partial charge on any atom is 0.220 e. The number of nitrogens with one attached hydrogen (secondary N) is 2. The van der Waals surface area contributed by atoms with Crippen molar-refractivity contribution in [1.29, 1.82) is 0 Å². The summed E-state index contributed by atoms with van der Waals surface area (Å²) in [5.74, 6) is 0.871. The molecular weight excluding hydrogens is 304 g/mol. The van der Waals surface area contributed by atoms with E-state index in [9.17, 15) is 4.79 Å². The van der Waals surface area contributed by atoms with E-state index in [0.717, 1.165) is 22.8 Å². The lowest BCUT2D eigenvalue weighted by atomic mass is 9.95. The predicted molar refractivity (Wildman–Crippen MR) is 90.4 cm³/mol. The molecule has 0 saturated heterocycles. The molecule has 0 spiro atoms. The van der Waals surface area contributed by atoms with Crippen molar-refractivity contribution in [3.05, 3.63) is 29.1 Å². The molecule has 0 aliphatic heterocycles. The minimum absolute atomic E-state index is 0.0215. The van der Waals surface area contributed by atoms with Gasteiger partial charge in [-0.2, -0.15) is 5.10 Å². The molecule has 0 atom stereocenters. The normalized spacial score (nSPS) is 15.6. The Bertz CT molecular complexity index is 683. The summed E-state index contributed by atoms with van der Waals surface area (Å²) in [6.07, 6.45) is 9.08. The van der Waals surface area contributed by atoms with Gasteiger partial charge in [-0.1, -0.05) is 19.3 Å². The SMILES string of the molecule is Cc1[nH]nc(CCC(=O)NCc2nncn2C2CCCCC2)c1C. The molecule has 0 radical (unpaired) electrons. The van der Waals surface area contributed by atoms with Crippen molar-refractivity contribution >= 4 is 5.91 Å². The minimum atomic E-state index is 0.0215. The summed E-state index contributed by atoms with van der Waals surface area (Å²) in [5.41, 5.74) is 3.17. The molecule has 0 bridgehead atoms. The number of carbonyl (C=O) groups is 1.